The van der Waals surface area contributed by atoms with E-state index in [0.29, 0.717) is 54.7 Å². The number of H-pyrrole nitrogens is 1. The molecular weight excluding hydrogens is 927 g/mol. The van der Waals surface area contributed by atoms with Crippen LogP contribution in [-0.2, 0) is 16.4 Å². The summed E-state index contributed by atoms with van der Waals surface area (Å²) in [6, 6.07) is 33.4. The first-order valence-corrected chi connectivity index (χ1v) is 27.3. The van der Waals surface area contributed by atoms with Crippen molar-refractivity contribution >= 4 is 44.0 Å². The minimum atomic E-state index is -4.58. The first kappa shape index (κ1) is 49.3. The number of nitro groups is 1. The Balaban J connectivity index is 0.833. The molecule has 2 unspecified atom stereocenters. The highest BCUT2D eigenvalue weighted by Gasteiger charge is 2.50. The average molecular weight is 994 g/mol. The maximum Gasteiger partial charge on any atom is 0.293 e. The Morgan fingerprint density at radius 2 is 1.67 bits per heavy atom. The number of ether oxygens (including phenoxy) is 1. The summed E-state index contributed by atoms with van der Waals surface area (Å²) >= 11 is 0. The van der Waals surface area contributed by atoms with Crippen LogP contribution in [0.4, 0.5) is 17.1 Å². The summed E-state index contributed by atoms with van der Waals surface area (Å²) in [5, 5.41) is 26.5. The summed E-state index contributed by atoms with van der Waals surface area (Å²) < 4.78 is 36.2. The van der Waals surface area contributed by atoms with E-state index >= 15 is 0 Å². The molecule has 4 fully saturated rings. The van der Waals surface area contributed by atoms with Crippen LogP contribution in [-0.4, -0.2) is 77.0 Å². The lowest BCUT2D eigenvalue weighted by atomic mass is 9.59. The molecule has 2 aromatic heterocycles. The third-order valence-corrected chi connectivity index (χ3v) is 17.7. The minimum absolute atomic E-state index is 0.0211. The minimum Gasteiger partial charge on any atom is -0.455 e. The van der Waals surface area contributed by atoms with E-state index < -0.39 is 37.0 Å². The zero-order valence-electron chi connectivity index (χ0n) is 41.6. The summed E-state index contributed by atoms with van der Waals surface area (Å²) in [6.07, 6.45) is 14.0. The van der Waals surface area contributed by atoms with Gasteiger partial charge in [-0.15, -0.1) is 0 Å². The molecule has 4 heterocycles. The average Bonchev–Trinajstić information content (AvgIpc) is 3.84. The van der Waals surface area contributed by atoms with Crippen LogP contribution in [0.3, 0.4) is 0 Å². The van der Waals surface area contributed by atoms with Crippen molar-refractivity contribution in [3.63, 3.8) is 0 Å². The first-order valence-electron chi connectivity index (χ1n) is 25.8. The van der Waals surface area contributed by atoms with Crippen LogP contribution in [0.5, 0.6) is 11.5 Å². The Morgan fingerprint density at radius 3 is 2.42 bits per heavy atom. The van der Waals surface area contributed by atoms with Gasteiger partial charge in [0, 0.05) is 61.1 Å². The Morgan fingerprint density at radius 1 is 0.917 bits per heavy atom. The number of hydrogen-bond acceptors (Lipinski definition) is 11. The van der Waals surface area contributed by atoms with Crippen molar-refractivity contribution < 1.29 is 28.0 Å². The number of benzene rings is 4. The zero-order valence-corrected chi connectivity index (χ0v) is 42.4. The van der Waals surface area contributed by atoms with Gasteiger partial charge in [-0.25, -0.2) is 18.1 Å². The molecule has 0 bridgehead atoms. The molecule has 1 amide bonds. The van der Waals surface area contributed by atoms with E-state index in [-0.39, 0.29) is 28.3 Å². The lowest BCUT2D eigenvalue weighted by Crippen LogP contribution is -2.57. The number of fused-ring (bicyclic) bond motifs is 1. The highest BCUT2D eigenvalue weighted by Crippen LogP contribution is 2.54. The number of nitrogens with one attached hydrogen (secondary N) is 3. The molecule has 14 nitrogen and oxygen atoms in total. The third kappa shape index (κ3) is 10.7. The SMILES string of the molecule is CC(C)c1ccccc1C1CC(Cc2ccccc2)CCN1C1CC2(CCN(c3ccc(C(=O)NS(=O)(=O)c4ccc(NCC5CCC(C)(O)CC5)c([N+](=O)[O-])c4)c(Oc4cnc5[nH]ccc5c4)c3)CC2)C1. The summed E-state index contributed by atoms with van der Waals surface area (Å²) in [5.74, 6) is 0.866. The molecule has 15 heteroatoms. The van der Waals surface area contributed by atoms with Crippen LogP contribution in [0.25, 0.3) is 11.0 Å². The number of amides is 1. The van der Waals surface area contributed by atoms with E-state index in [2.05, 4.69) is 98.3 Å². The van der Waals surface area contributed by atoms with E-state index in [4.69, 9.17) is 4.74 Å². The van der Waals surface area contributed by atoms with Gasteiger partial charge in [-0.1, -0.05) is 68.4 Å². The summed E-state index contributed by atoms with van der Waals surface area (Å²) in [7, 11) is -4.58. The number of aliphatic hydroxyl groups is 1. The molecule has 2 saturated carbocycles. The molecule has 1 spiro atoms. The molecule has 2 atom stereocenters. The van der Waals surface area contributed by atoms with Crippen molar-refractivity contribution in [1.82, 2.24) is 19.6 Å². The molecule has 72 heavy (non-hydrogen) atoms. The number of hydrogen-bond donors (Lipinski definition) is 4. The molecule has 4 N–H and O–H groups in total. The van der Waals surface area contributed by atoms with Crippen molar-refractivity contribution in [1.29, 1.82) is 0 Å². The number of pyridine rings is 1. The fraction of sp³-hybridized carbons (Fsp3) is 0.439. The molecule has 2 saturated heterocycles. The molecule has 4 aliphatic rings. The Labute approximate surface area is 422 Å². The van der Waals surface area contributed by atoms with Gasteiger partial charge in [0.1, 0.15) is 22.8 Å². The van der Waals surface area contributed by atoms with E-state index in [0.717, 1.165) is 75.3 Å². The summed E-state index contributed by atoms with van der Waals surface area (Å²) in [5.41, 5.74) is 5.17. The molecule has 4 aromatic carbocycles. The number of aromatic nitrogens is 2. The zero-order chi connectivity index (χ0) is 50.2. The smallest absolute Gasteiger partial charge is 0.293 e. The quantitative estimate of drug-likeness (QED) is 0.0567. The van der Waals surface area contributed by atoms with E-state index in [1.165, 1.54) is 48.1 Å². The summed E-state index contributed by atoms with van der Waals surface area (Å²) in [4.78, 5) is 38.0. The van der Waals surface area contributed by atoms with Gasteiger partial charge in [-0.05, 0) is 160 Å². The fourth-order valence-corrected chi connectivity index (χ4v) is 13.1. The van der Waals surface area contributed by atoms with Crippen molar-refractivity contribution in [2.24, 2.45) is 17.3 Å². The van der Waals surface area contributed by atoms with E-state index in [1.54, 1.807) is 30.6 Å². The van der Waals surface area contributed by atoms with Crippen molar-refractivity contribution in [3.8, 4) is 11.5 Å². The molecular formula is C57H67N7O7S. The van der Waals surface area contributed by atoms with Crippen LogP contribution >= 0.6 is 0 Å². The van der Waals surface area contributed by atoms with E-state index in [9.17, 15) is 28.4 Å². The van der Waals surface area contributed by atoms with Crippen LogP contribution in [0, 0.1) is 27.4 Å². The lowest BCUT2D eigenvalue weighted by molar-refractivity contribution is -0.384. The van der Waals surface area contributed by atoms with Gasteiger partial charge in [0.25, 0.3) is 21.6 Å². The molecule has 2 aliphatic heterocycles. The highest BCUT2D eigenvalue weighted by molar-refractivity contribution is 7.90. The molecule has 0 radical (unpaired) electrons. The molecule has 6 aromatic rings. The Kier molecular flexibility index (Phi) is 13.9. The number of carbonyl (C=O) groups excluding carboxylic acids is 1. The Bertz CT molecular complexity index is 3020. The number of nitrogens with zero attached hydrogens (tertiary/aromatic N) is 4. The molecule has 378 valence electrons. The number of piperidine rings is 2. The molecule has 10 rings (SSSR count). The Hall–Kier alpha value is -6.29. The molecule has 2 aliphatic carbocycles. The van der Waals surface area contributed by atoms with Gasteiger partial charge in [0.15, 0.2) is 0 Å². The van der Waals surface area contributed by atoms with Crippen LogP contribution < -0.4 is 19.7 Å². The topological polar surface area (TPSA) is 183 Å². The van der Waals surface area contributed by atoms with Crippen molar-refractivity contribution in [2.45, 2.75) is 120 Å². The van der Waals surface area contributed by atoms with Gasteiger partial charge in [-0.3, -0.25) is 19.8 Å². The van der Waals surface area contributed by atoms with Gasteiger partial charge >= 0.3 is 0 Å². The second-order valence-corrected chi connectivity index (χ2v) is 23.4. The number of rotatable bonds is 15. The maximum absolute atomic E-state index is 14.1. The number of anilines is 2. The first-order chi connectivity index (χ1) is 34.6. The van der Waals surface area contributed by atoms with Gasteiger partial charge < -0.3 is 25.0 Å². The number of likely N-dealkylation sites (tertiary alicyclic amines) is 1. The third-order valence-electron chi connectivity index (χ3n) is 16.4. The standard InChI is InChI=1S/C57H67N7O7S/c1-38(2)47-11-7-8-12-48(47)51-30-41(29-39-9-5-4-6-10-39)20-26-63(51)44-34-57(35-44)23-27-62(28-24-57)43-13-15-49(53(32-43)71-45-31-42-19-25-58-54(42)60-37-45)55(65)61-72(69,70)46-14-16-50(52(33-46)64(67)68)59-36-40-17-21-56(3,66)22-18-40/h4-16,19,25,31-33,37-38,40-41,44,51,59,66H,17-18,20-24,26-30,34-36H2,1-3H3,(H,58,60)(H,61,65). The fourth-order valence-electron chi connectivity index (χ4n) is 12.1. The largest absolute Gasteiger partial charge is 0.455 e. The number of carbonyl (C=O) groups is 1. The van der Waals surface area contributed by atoms with Crippen LogP contribution in [0.2, 0.25) is 0 Å². The number of aromatic amines is 1. The monoisotopic (exact) mass is 993 g/mol. The van der Waals surface area contributed by atoms with Crippen LogP contribution in [0.1, 0.15) is 124 Å². The lowest BCUT2D eigenvalue weighted by Gasteiger charge is -2.58. The van der Waals surface area contributed by atoms with Crippen molar-refractivity contribution in [2.75, 3.05) is 36.4 Å². The van der Waals surface area contributed by atoms with Crippen LogP contribution in [0.15, 0.2) is 120 Å². The second kappa shape index (κ2) is 20.3. The number of nitro benzene ring substituents is 1. The van der Waals surface area contributed by atoms with Gasteiger partial charge in [-0.2, -0.15) is 0 Å². The van der Waals surface area contributed by atoms with Crippen molar-refractivity contribution in [3.05, 3.63) is 148 Å². The predicted octanol–water partition coefficient (Wildman–Crippen LogP) is 11.3. The maximum atomic E-state index is 14.1. The second-order valence-electron chi connectivity index (χ2n) is 21.7. The van der Waals surface area contributed by atoms with E-state index in [1.807, 2.05) is 19.1 Å². The number of sulfonamides is 1. The van der Waals surface area contributed by atoms with Gasteiger partial charge in [0.2, 0.25) is 0 Å². The van der Waals surface area contributed by atoms with Gasteiger partial charge in [0.05, 0.1) is 27.2 Å². The summed E-state index contributed by atoms with van der Waals surface area (Å²) in [6.45, 7) is 9.64. The highest BCUT2D eigenvalue weighted by atomic mass is 32.2. The predicted molar refractivity (Wildman–Crippen MR) is 281 cm³/mol. The normalized spacial score (nSPS) is 22.7.